The molecule has 35 heavy (non-hydrogen) atoms. The minimum atomic E-state index is -2.93. The van der Waals surface area contributed by atoms with E-state index >= 15 is 0 Å². The zero-order valence-electron chi connectivity index (χ0n) is 18.0. The first-order valence-corrected chi connectivity index (χ1v) is 10.4. The molecule has 5 rings (SSSR count). The predicted octanol–water partition coefficient (Wildman–Crippen LogP) is 4.42. The molecule has 0 unspecified atom stereocenters. The average molecular weight is 474 g/mol. The highest BCUT2D eigenvalue weighted by molar-refractivity contribution is 6.04. The molecule has 0 aliphatic heterocycles. The lowest BCUT2D eigenvalue weighted by Gasteiger charge is -2.11. The van der Waals surface area contributed by atoms with Crippen LogP contribution in [0.15, 0.2) is 83.7 Å². The molecule has 2 aromatic heterocycles. The molecule has 0 N–H and O–H groups in total. The van der Waals surface area contributed by atoms with Crippen molar-refractivity contribution in [3.05, 3.63) is 94.8 Å². The molecule has 174 valence electrons. The van der Waals surface area contributed by atoms with Crippen molar-refractivity contribution >= 4 is 27.8 Å². The fourth-order valence-electron chi connectivity index (χ4n) is 3.60. The fourth-order valence-corrected chi connectivity index (χ4v) is 3.60. The van der Waals surface area contributed by atoms with Crippen LogP contribution in [0.25, 0.3) is 33.1 Å². The molecule has 0 aliphatic carbocycles. The molecule has 0 atom stereocenters. The second kappa shape index (κ2) is 9.26. The summed E-state index contributed by atoms with van der Waals surface area (Å²) in [5.41, 5.74) is 1.78. The van der Waals surface area contributed by atoms with Gasteiger partial charge in [0.15, 0.2) is 6.73 Å². The van der Waals surface area contributed by atoms with E-state index < -0.39 is 24.9 Å². The zero-order valence-corrected chi connectivity index (χ0v) is 18.0. The Kier molecular flexibility index (Phi) is 5.84. The average Bonchev–Trinajstić information content (AvgIpc) is 2.88. The number of aromatic nitrogens is 4. The second-order valence-electron chi connectivity index (χ2n) is 7.45. The first-order chi connectivity index (χ1) is 17.0. The highest BCUT2D eigenvalue weighted by atomic mass is 19.3. The number of esters is 1. The number of carbonyl (C=O) groups is 1. The van der Waals surface area contributed by atoms with Gasteiger partial charge in [-0.2, -0.15) is 13.5 Å². The standard InChI is InChI=1S/C25H16F2N4O4/c26-25(27)35-16-11-9-15(10-12-16)22-13-19(17-5-1-3-7-20(17)28-22)24(33)34-14-31-23(32)18-6-2-4-8-21(18)29-30-31/h1-13,25H,14H2. The number of hydrogen-bond acceptors (Lipinski definition) is 7. The van der Waals surface area contributed by atoms with Crippen LogP contribution in [0.5, 0.6) is 5.75 Å². The van der Waals surface area contributed by atoms with Crippen molar-refractivity contribution < 1.29 is 23.0 Å². The van der Waals surface area contributed by atoms with E-state index in [1.807, 2.05) is 0 Å². The quantitative estimate of drug-likeness (QED) is 0.336. The number of hydrogen-bond donors (Lipinski definition) is 0. The molecular formula is C25H16F2N4O4. The molecule has 0 fully saturated rings. The Morgan fingerprint density at radius 3 is 2.34 bits per heavy atom. The van der Waals surface area contributed by atoms with Crippen LogP contribution in [-0.4, -0.2) is 32.6 Å². The molecule has 0 amide bonds. The topological polar surface area (TPSA) is 96.2 Å². The van der Waals surface area contributed by atoms with Gasteiger partial charge in [0.2, 0.25) is 0 Å². The van der Waals surface area contributed by atoms with Crippen molar-refractivity contribution in [3.8, 4) is 17.0 Å². The Hall–Kier alpha value is -4.73. The van der Waals surface area contributed by atoms with Crippen LogP contribution < -0.4 is 10.3 Å². The molecule has 0 spiro atoms. The third-order valence-electron chi connectivity index (χ3n) is 5.26. The van der Waals surface area contributed by atoms with Gasteiger partial charge in [-0.05, 0) is 48.5 Å². The van der Waals surface area contributed by atoms with E-state index in [0.717, 1.165) is 4.68 Å². The number of ether oxygens (including phenoxy) is 2. The van der Waals surface area contributed by atoms with Crippen molar-refractivity contribution in [1.82, 2.24) is 20.0 Å². The van der Waals surface area contributed by atoms with Crippen LogP contribution >= 0.6 is 0 Å². The van der Waals surface area contributed by atoms with Crippen molar-refractivity contribution in [1.29, 1.82) is 0 Å². The lowest BCUT2D eigenvalue weighted by molar-refractivity contribution is -0.0498. The normalized spacial score (nSPS) is 11.2. The summed E-state index contributed by atoms with van der Waals surface area (Å²) in [5.74, 6) is -0.685. The molecule has 10 heteroatoms. The summed E-state index contributed by atoms with van der Waals surface area (Å²) >= 11 is 0. The third kappa shape index (κ3) is 4.54. The largest absolute Gasteiger partial charge is 0.439 e. The molecule has 8 nitrogen and oxygen atoms in total. The van der Waals surface area contributed by atoms with Crippen LogP contribution in [-0.2, 0) is 11.5 Å². The number of pyridine rings is 1. The minimum absolute atomic E-state index is 0.00566. The number of alkyl halides is 2. The fraction of sp³-hybridized carbons (Fsp3) is 0.0800. The zero-order chi connectivity index (χ0) is 24.4. The lowest BCUT2D eigenvalue weighted by atomic mass is 10.0. The van der Waals surface area contributed by atoms with Crippen LogP contribution in [0, 0.1) is 0 Å². The Morgan fingerprint density at radius 2 is 1.60 bits per heavy atom. The van der Waals surface area contributed by atoms with Gasteiger partial charge >= 0.3 is 12.6 Å². The smallest absolute Gasteiger partial charge is 0.387 e. The highest BCUT2D eigenvalue weighted by Crippen LogP contribution is 2.27. The van der Waals surface area contributed by atoms with E-state index in [0.29, 0.717) is 33.1 Å². The SMILES string of the molecule is O=C(OCn1nnc2ccccc2c1=O)c1cc(-c2ccc(OC(F)F)cc2)nc2ccccc12. The summed E-state index contributed by atoms with van der Waals surface area (Å²) in [6.45, 7) is -3.36. The summed E-state index contributed by atoms with van der Waals surface area (Å²) in [5, 5.41) is 8.71. The van der Waals surface area contributed by atoms with Gasteiger partial charge in [0.1, 0.15) is 11.3 Å². The molecular weight excluding hydrogens is 458 g/mol. The number of rotatable bonds is 6. The Bertz CT molecular complexity index is 1600. The third-order valence-corrected chi connectivity index (χ3v) is 5.26. The summed E-state index contributed by atoms with van der Waals surface area (Å²) in [7, 11) is 0. The van der Waals surface area contributed by atoms with Crippen molar-refractivity contribution in [2.45, 2.75) is 13.3 Å². The Balaban J connectivity index is 1.46. The Labute approximate surface area is 196 Å². The van der Waals surface area contributed by atoms with Crippen molar-refractivity contribution in [2.24, 2.45) is 0 Å². The van der Waals surface area contributed by atoms with E-state index in [1.54, 1.807) is 66.7 Å². The van der Waals surface area contributed by atoms with E-state index in [9.17, 15) is 18.4 Å². The molecule has 0 saturated carbocycles. The van der Waals surface area contributed by atoms with Gasteiger partial charge < -0.3 is 9.47 Å². The summed E-state index contributed by atoms with van der Waals surface area (Å²) in [6.07, 6.45) is 0. The first-order valence-electron chi connectivity index (χ1n) is 10.4. The second-order valence-corrected chi connectivity index (χ2v) is 7.45. The van der Waals surface area contributed by atoms with Gasteiger partial charge in [0.05, 0.1) is 22.2 Å². The number of carbonyl (C=O) groups excluding carboxylic acids is 1. The van der Waals surface area contributed by atoms with Crippen LogP contribution in [0.1, 0.15) is 10.4 Å². The van der Waals surface area contributed by atoms with Crippen molar-refractivity contribution in [2.75, 3.05) is 0 Å². The summed E-state index contributed by atoms with van der Waals surface area (Å²) in [6, 6.07) is 21.2. The molecule has 0 radical (unpaired) electrons. The minimum Gasteiger partial charge on any atom is -0.439 e. The van der Waals surface area contributed by atoms with Crippen LogP contribution in [0.2, 0.25) is 0 Å². The van der Waals surface area contributed by atoms with Gasteiger partial charge in [-0.3, -0.25) is 4.79 Å². The first kappa shape index (κ1) is 22.1. The number of halogens is 2. The predicted molar refractivity (Wildman–Crippen MR) is 123 cm³/mol. The highest BCUT2D eigenvalue weighted by Gasteiger charge is 2.17. The maximum Gasteiger partial charge on any atom is 0.387 e. The van der Waals surface area contributed by atoms with E-state index in [2.05, 4.69) is 20.0 Å². The monoisotopic (exact) mass is 474 g/mol. The number of para-hydroxylation sites is 1. The van der Waals surface area contributed by atoms with Gasteiger partial charge in [-0.15, -0.1) is 5.10 Å². The molecule has 0 bridgehead atoms. The van der Waals surface area contributed by atoms with Crippen molar-refractivity contribution in [3.63, 3.8) is 0 Å². The van der Waals surface area contributed by atoms with E-state index in [1.165, 1.54) is 12.1 Å². The van der Waals surface area contributed by atoms with E-state index in [-0.39, 0.29) is 11.3 Å². The molecule has 2 heterocycles. The maximum atomic E-state index is 13.0. The van der Waals surface area contributed by atoms with Gasteiger partial charge in [-0.1, -0.05) is 35.5 Å². The summed E-state index contributed by atoms with van der Waals surface area (Å²) < 4.78 is 35.6. The maximum absolute atomic E-state index is 13.0. The van der Waals surface area contributed by atoms with E-state index in [4.69, 9.17) is 4.74 Å². The molecule has 0 saturated heterocycles. The molecule has 5 aromatic rings. The van der Waals surface area contributed by atoms with Crippen LogP contribution in [0.3, 0.4) is 0 Å². The number of fused-ring (bicyclic) bond motifs is 2. The summed E-state index contributed by atoms with van der Waals surface area (Å²) in [4.78, 5) is 30.2. The number of nitrogens with zero attached hydrogens (tertiary/aromatic N) is 4. The number of benzene rings is 3. The van der Waals surface area contributed by atoms with Gasteiger partial charge in [-0.25, -0.2) is 9.78 Å². The van der Waals surface area contributed by atoms with Gasteiger partial charge in [0.25, 0.3) is 5.56 Å². The van der Waals surface area contributed by atoms with Crippen LogP contribution in [0.4, 0.5) is 8.78 Å². The van der Waals surface area contributed by atoms with Gasteiger partial charge in [0, 0.05) is 10.9 Å². The molecule has 0 aliphatic rings. The molecule has 3 aromatic carbocycles. The Morgan fingerprint density at radius 1 is 0.914 bits per heavy atom. The lowest BCUT2D eigenvalue weighted by Crippen LogP contribution is -2.26.